The van der Waals surface area contributed by atoms with Gasteiger partial charge in [0, 0.05) is 25.6 Å². The molecule has 0 aliphatic carbocycles. The number of carbonyl (C=O) groups is 3. The van der Waals surface area contributed by atoms with E-state index in [-0.39, 0.29) is 17.9 Å². The summed E-state index contributed by atoms with van der Waals surface area (Å²) in [5.41, 5.74) is 4.85. The van der Waals surface area contributed by atoms with Crippen molar-refractivity contribution in [3.63, 3.8) is 0 Å². The number of nitrogens with one attached hydrogen (secondary N) is 2. The average Bonchev–Trinajstić information content (AvgIpc) is 2.64. The summed E-state index contributed by atoms with van der Waals surface area (Å²) in [5.74, 6) is -0.170. The molecule has 4 amide bonds. The molecule has 2 rings (SSSR count). The van der Waals surface area contributed by atoms with Gasteiger partial charge < -0.3 is 16.0 Å². The number of nitrogens with zero attached hydrogens (tertiary/aromatic N) is 1. The largest absolute Gasteiger partial charge is 0.342 e. The van der Waals surface area contributed by atoms with E-state index in [1.54, 1.807) is 4.90 Å². The first-order valence-electron chi connectivity index (χ1n) is 7.10. The molecular formula is C13H22N4O3. The number of hydrogen-bond acceptors (Lipinski definition) is 4. The molecule has 0 aromatic carbocycles. The highest BCUT2D eigenvalue weighted by Gasteiger charge is 2.48. The van der Waals surface area contributed by atoms with Crippen molar-refractivity contribution in [2.75, 3.05) is 13.1 Å². The molecule has 0 aromatic rings. The molecule has 2 aliphatic rings. The van der Waals surface area contributed by atoms with Crippen molar-refractivity contribution in [2.45, 2.75) is 50.6 Å². The number of piperidine rings is 1. The fourth-order valence-corrected chi connectivity index (χ4v) is 2.75. The van der Waals surface area contributed by atoms with E-state index in [9.17, 15) is 14.4 Å². The van der Waals surface area contributed by atoms with E-state index in [0.717, 1.165) is 12.8 Å². The van der Waals surface area contributed by atoms with E-state index < -0.39 is 11.6 Å². The Morgan fingerprint density at radius 2 is 2.05 bits per heavy atom. The first-order valence-corrected chi connectivity index (χ1v) is 7.10. The van der Waals surface area contributed by atoms with Crippen LogP contribution >= 0.6 is 0 Å². The fourth-order valence-electron chi connectivity index (χ4n) is 2.75. The molecule has 0 aromatic heterocycles. The van der Waals surface area contributed by atoms with Gasteiger partial charge in [-0.05, 0) is 32.6 Å². The van der Waals surface area contributed by atoms with Gasteiger partial charge in [0.15, 0.2) is 0 Å². The van der Waals surface area contributed by atoms with Crippen molar-refractivity contribution < 1.29 is 14.4 Å². The first kappa shape index (κ1) is 14.8. The van der Waals surface area contributed by atoms with Crippen molar-refractivity contribution in [3.8, 4) is 0 Å². The number of amides is 4. The summed E-state index contributed by atoms with van der Waals surface area (Å²) < 4.78 is 0. The van der Waals surface area contributed by atoms with Crippen LogP contribution in [0.3, 0.4) is 0 Å². The minimum absolute atomic E-state index is 0.102. The number of imide groups is 1. The van der Waals surface area contributed by atoms with Crippen LogP contribution in [0.2, 0.25) is 0 Å². The lowest BCUT2D eigenvalue weighted by Crippen LogP contribution is -2.55. The minimum atomic E-state index is -0.806. The van der Waals surface area contributed by atoms with Crippen LogP contribution in [-0.4, -0.2) is 47.4 Å². The predicted molar refractivity (Wildman–Crippen MR) is 72.7 cm³/mol. The molecule has 2 aliphatic heterocycles. The third kappa shape index (κ3) is 3.09. The van der Waals surface area contributed by atoms with Gasteiger partial charge in [-0.15, -0.1) is 0 Å². The van der Waals surface area contributed by atoms with Gasteiger partial charge in [-0.2, -0.15) is 0 Å². The zero-order valence-electron chi connectivity index (χ0n) is 11.8. The standard InChI is InChI=1S/C13H22N4O3/c1-9(14)3-2-4-10(18)17-7-5-13(6-8-17)11(19)15-12(20)16-13/h9H,2-8,14H2,1H3,(H2,15,16,19,20). The quantitative estimate of drug-likeness (QED) is 0.616. The number of rotatable bonds is 4. The molecular weight excluding hydrogens is 260 g/mol. The minimum Gasteiger partial charge on any atom is -0.342 e. The van der Waals surface area contributed by atoms with Crippen LogP contribution in [0.4, 0.5) is 4.79 Å². The Morgan fingerprint density at radius 3 is 2.55 bits per heavy atom. The Hall–Kier alpha value is -1.63. The molecule has 0 radical (unpaired) electrons. The lowest BCUT2D eigenvalue weighted by atomic mass is 9.87. The van der Waals surface area contributed by atoms with E-state index in [0.29, 0.717) is 32.4 Å². The number of carbonyl (C=O) groups excluding carboxylic acids is 3. The topological polar surface area (TPSA) is 105 Å². The summed E-state index contributed by atoms with van der Waals surface area (Å²) in [6, 6.07) is -0.323. The molecule has 7 nitrogen and oxygen atoms in total. The van der Waals surface area contributed by atoms with Crippen LogP contribution in [0, 0.1) is 0 Å². The van der Waals surface area contributed by atoms with Crippen molar-refractivity contribution in [3.05, 3.63) is 0 Å². The molecule has 0 saturated carbocycles. The summed E-state index contributed by atoms with van der Waals surface area (Å²) in [4.78, 5) is 36.8. The van der Waals surface area contributed by atoms with Crippen LogP contribution in [0.15, 0.2) is 0 Å². The van der Waals surface area contributed by atoms with E-state index in [1.807, 2.05) is 6.92 Å². The molecule has 0 bridgehead atoms. The lowest BCUT2D eigenvalue weighted by Gasteiger charge is -2.37. The van der Waals surface area contributed by atoms with Crippen LogP contribution < -0.4 is 16.4 Å². The van der Waals surface area contributed by atoms with Crippen LogP contribution in [-0.2, 0) is 9.59 Å². The van der Waals surface area contributed by atoms with E-state index in [1.165, 1.54) is 0 Å². The van der Waals surface area contributed by atoms with E-state index in [4.69, 9.17) is 5.73 Å². The first-order chi connectivity index (χ1) is 9.43. The summed E-state index contributed by atoms with van der Waals surface area (Å²) >= 11 is 0. The molecule has 1 spiro atoms. The second kappa shape index (κ2) is 5.78. The molecule has 2 saturated heterocycles. The third-order valence-electron chi connectivity index (χ3n) is 4.03. The number of nitrogens with two attached hydrogens (primary N) is 1. The highest BCUT2D eigenvalue weighted by atomic mass is 16.2. The van der Waals surface area contributed by atoms with Gasteiger partial charge in [0.25, 0.3) is 5.91 Å². The highest BCUT2D eigenvalue weighted by molar-refractivity contribution is 6.07. The molecule has 2 fully saturated rings. The molecule has 112 valence electrons. The molecule has 7 heteroatoms. The smallest absolute Gasteiger partial charge is 0.322 e. The Balaban J connectivity index is 1.81. The van der Waals surface area contributed by atoms with Gasteiger partial charge in [-0.3, -0.25) is 14.9 Å². The average molecular weight is 282 g/mol. The zero-order valence-corrected chi connectivity index (χ0v) is 11.8. The second-order valence-electron chi connectivity index (χ2n) is 5.74. The third-order valence-corrected chi connectivity index (χ3v) is 4.03. The van der Waals surface area contributed by atoms with Gasteiger partial charge >= 0.3 is 6.03 Å². The second-order valence-corrected chi connectivity index (χ2v) is 5.74. The Labute approximate surface area is 118 Å². The maximum absolute atomic E-state index is 12.0. The highest BCUT2D eigenvalue weighted by Crippen LogP contribution is 2.25. The van der Waals surface area contributed by atoms with Gasteiger partial charge in [0.05, 0.1) is 0 Å². The zero-order chi connectivity index (χ0) is 14.8. The van der Waals surface area contributed by atoms with Crippen molar-refractivity contribution >= 4 is 17.8 Å². The summed E-state index contributed by atoms with van der Waals surface area (Å²) in [6.45, 7) is 2.94. The van der Waals surface area contributed by atoms with E-state index >= 15 is 0 Å². The van der Waals surface area contributed by atoms with Gasteiger partial charge in [-0.25, -0.2) is 4.79 Å². The molecule has 4 N–H and O–H groups in total. The van der Waals surface area contributed by atoms with Crippen LogP contribution in [0.25, 0.3) is 0 Å². The fraction of sp³-hybridized carbons (Fsp3) is 0.769. The summed E-state index contributed by atoms with van der Waals surface area (Å²) in [5, 5.41) is 4.94. The Morgan fingerprint density at radius 1 is 1.40 bits per heavy atom. The van der Waals surface area contributed by atoms with E-state index in [2.05, 4.69) is 10.6 Å². The maximum Gasteiger partial charge on any atom is 0.322 e. The number of hydrogen-bond donors (Lipinski definition) is 3. The van der Waals surface area contributed by atoms with Crippen LogP contribution in [0.1, 0.15) is 39.0 Å². The number of urea groups is 1. The van der Waals surface area contributed by atoms with Gasteiger partial charge in [0.1, 0.15) is 5.54 Å². The van der Waals surface area contributed by atoms with Crippen molar-refractivity contribution in [1.82, 2.24) is 15.5 Å². The lowest BCUT2D eigenvalue weighted by molar-refractivity contribution is -0.135. The Kier molecular flexibility index (Phi) is 4.27. The Bertz CT molecular complexity index is 414. The molecule has 2 heterocycles. The molecule has 1 atom stereocenters. The maximum atomic E-state index is 12.0. The van der Waals surface area contributed by atoms with Crippen molar-refractivity contribution in [1.29, 1.82) is 0 Å². The predicted octanol–water partition coefficient (Wildman–Crippen LogP) is -0.295. The molecule has 1 unspecified atom stereocenters. The normalized spacial score (nSPS) is 22.6. The van der Waals surface area contributed by atoms with Gasteiger partial charge in [0.2, 0.25) is 5.91 Å². The molecule has 20 heavy (non-hydrogen) atoms. The number of likely N-dealkylation sites (tertiary alicyclic amines) is 1. The monoisotopic (exact) mass is 282 g/mol. The van der Waals surface area contributed by atoms with Crippen molar-refractivity contribution in [2.24, 2.45) is 5.73 Å². The summed E-state index contributed by atoms with van der Waals surface area (Å²) in [6.07, 6.45) is 3.07. The summed E-state index contributed by atoms with van der Waals surface area (Å²) in [7, 11) is 0. The van der Waals surface area contributed by atoms with Crippen LogP contribution in [0.5, 0.6) is 0 Å². The van der Waals surface area contributed by atoms with Gasteiger partial charge in [-0.1, -0.05) is 0 Å². The SMILES string of the molecule is CC(N)CCCC(=O)N1CCC2(CC1)NC(=O)NC2=O.